The van der Waals surface area contributed by atoms with Crippen molar-refractivity contribution >= 4 is 11.8 Å². The van der Waals surface area contributed by atoms with Gasteiger partial charge in [0.2, 0.25) is 11.8 Å². The van der Waals surface area contributed by atoms with Crippen molar-refractivity contribution in [2.45, 2.75) is 38.3 Å². The highest BCUT2D eigenvalue weighted by atomic mass is 16.5. The second kappa shape index (κ2) is 9.39. The number of carbonyl (C=O) groups is 2. The number of aliphatic hydroxyl groups excluding tert-OH is 1. The molecule has 1 heterocycles. The number of nitrogens with zero attached hydrogens (tertiary/aromatic N) is 1. The molecule has 0 aromatic heterocycles. The molecule has 0 radical (unpaired) electrons. The van der Waals surface area contributed by atoms with E-state index in [1.54, 1.807) is 7.11 Å². The molecule has 3 N–H and O–H groups in total. The summed E-state index contributed by atoms with van der Waals surface area (Å²) in [7, 11) is 1.64. The molecule has 4 atom stereocenters. The molecule has 154 valence electrons. The van der Waals surface area contributed by atoms with Gasteiger partial charge in [0.05, 0.1) is 25.8 Å². The normalized spacial score (nSPS) is 27.1. The fraction of sp³-hybridized carbons (Fsp3) is 0.619. The number of hydrogen-bond acceptors (Lipinski definition) is 5. The maximum Gasteiger partial charge on any atom is 0.234 e. The van der Waals surface area contributed by atoms with E-state index < -0.39 is 6.10 Å². The molecule has 1 aromatic rings. The van der Waals surface area contributed by atoms with E-state index in [4.69, 9.17) is 4.74 Å². The molecule has 1 saturated heterocycles. The number of amides is 2. The van der Waals surface area contributed by atoms with Gasteiger partial charge in [0.1, 0.15) is 5.75 Å². The highest BCUT2D eigenvalue weighted by Crippen LogP contribution is 2.36. The van der Waals surface area contributed by atoms with E-state index >= 15 is 0 Å². The summed E-state index contributed by atoms with van der Waals surface area (Å²) < 4.78 is 5.15. The summed E-state index contributed by atoms with van der Waals surface area (Å²) in [6.07, 6.45) is 1.75. The Kier molecular flexibility index (Phi) is 6.91. The third-order valence-corrected chi connectivity index (χ3v) is 5.87. The van der Waals surface area contributed by atoms with E-state index in [0.29, 0.717) is 31.3 Å². The minimum Gasteiger partial charge on any atom is -0.497 e. The van der Waals surface area contributed by atoms with Gasteiger partial charge in [-0.2, -0.15) is 0 Å². The zero-order valence-corrected chi connectivity index (χ0v) is 16.7. The number of likely N-dealkylation sites (tertiary alicyclic amines) is 1. The highest BCUT2D eigenvalue weighted by Gasteiger charge is 2.42. The quantitative estimate of drug-likeness (QED) is 0.634. The summed E-state index contributed by atoms with van der Waals surface area (Å²) in [5.41, 5.74) is 1.16. The molecule has 0 spiro atoms. The molecule has 1 saturated carbocycles. The Labute approximate surface area is 166 Å². The van der Waals surface area contributed by atoms with Crippen LogP contribution in [0.4, 0.5) is 0 Å². The molecule has 1 aliphatic heterocycles. The molecule has 7 nitrogen and oxygen atoms in total. The molecule has 7 heteroatoms. The van der Waals surface area contributed by atoms with Crippen molar-refractivity contribution in [3.8, 4) is 5.75 Å². The number of ether oxygens (including phenoxy) is 1. The summed E-state index contributed by atoms with van der Waals surface area (Å²) in [5.74, 6) is 1.58. The number of aliphatic hydroxyl groups is 1. The first-order chi connectivity index (χ1) is 13.4. The molecule has 0 bridgehead atoms. The van der Waals surface area contributed by atoms with Crippen molar-refractivity contribution in [2.75, 3.05) is 33.3 Å². The van der Waals surface area contributed by atoms with Gasteiger partial charge in [-0.15, -0.1) is 0 Å². The maximum absolute atomic E-state index is 12.3. The van der Waals surface area contributed by atoms with Crippen molar-refractivity contribution in [1.29, 1.82) is 0 Å². The third kappa shape index (κ3) is 5.45. The minimum absolute atomic E-state index is 0.0334. The lowest BCUT2D eigenvalue weighted by Crippen LogP contribution is -2.48. The minimum atomic E-state index is -0.497. The Morgan fingerprint density at radius 2 is 1.86 bits per heavy atom. The summed E-state index contributed by atoms with van der Waals surface area (Å²) in [5, 5.41) is 16.1. The van der Waals surface area contributed by atoms with Crippen molar-refractivity contribution in [3.63, 3.8) is 0 Å². The average molecular weight is 389 g/mol. The van der Waals surface area contributed by atoms with E-state index in [1.807, 2.05) is 24.3 Å². The molecule has 2 amide bonds. The van der Waals surface area contributed by atoms with Crippen LogP contribution >= 0.6 is 0 Å². The van der Waals surface area contributed by atoms with Crippen LogP contribution < -0.4 is 15.4 Å². The number of benzene rings is 1. The van der Waals surface area contributed by atoms with Gasteiger partial charge in [-0.3, -0.25) is 14.5 Å². The standard InChI is InChI=1S/C21H31N3O4/c1-14(25)23-19-9-16-11-24(12-17(16)10-20(19)26)13-21(27)22-8-7-15-3-5-18(28-2)6-4-15/h3-6,16-17,19-20,26H,7-13H2,1-2H3,(H,22,27)(H,23,25)/t16-,17+,19-,20-/m1/s1. The first-order valence-corrected chi connectivity index (χ1v) is 10.0. The highest BCUT2D eigenvalue weighted by molar-refractivity contribution is 5.78. The van der Waals surface area contributed by atoms with E-state index in [-0.39, 0.29) is 17.9 Å². The fourth-order valence-corrected chi connectivity index (χ4v) is 4.47. The van der Waals surface area contributed by atoms with Crippen LogP contribution in [-0.2, 0) is 16.0 Å². The average Bonchev–Trinajstić information content (AvgIpc) is 3.03. The fourth-order valence-electron chi connectivity index (χ4n) is 4.47. The molecular formula is C21H31N3O4. The second-order valence-electron chi connectivity index (χ2n) is 8.01. The number of nitrogens with one attached hydrogen (secondary N) is 2. The largest absolute Gasteiger partial charge is 0.497 e. The Morgan fingerprint density at radius 3 is 2.50 bits per heavy atom. The van der Waals surface area contributed by atoms with Crippen molar-refractivity contribution in [3.05, 3.63) is 29.8 Å². The first-order valence-electron chi connectivity index (χ1n) is 10.0. The van der Waals surface area contributed by atoms with Crippen LogP contribution in [0.15, 0.2) is 24.3 Å². The van der Waals surface area contributed by atoms with Gasteiger partial charge in [-0.05, 0) is 48.8 Å². The summed E-state index contributed by atoms with van der Waals surface area (Å²) in [4.78, 5) is 25.8. The number of rotatable bonds is 7. The van der Waals surface area contributed by atoms with Gasteiger partial charge < -0.3 is 20.5 Å². The molecule has 1 aliphatic carbocycles. The zero-order chi connectivity index (χ0) is 20.1. The SMILES string of the molecule is COc1ccc(CCNC(=O)CN2C[C@H]3C[C@@H](NC(C)=O)[C@H](O)C[C@H]3C2)cc1. The molecule has 2 fully saturated rings. The Morgan fingerprint density at radius 1 is 1.18 bits per heavy atom. The van der Waals surface area contributed by atoms with Crippen molar-refractivity contribution < 1.29 is 19.4 Å². The van der Waals surface area contributed by atoms with Crippen LogP contribution in [0, 0.1) is 11.8 Å². The van der Waals surface area contributed by atoms with E-state index in [2.05, 4.69) is 15.5 Å². The van der Waals surface area contributed by atoms with Gasteiger partial charge in [0, 0.05) is 26.6 Å². The zero-order valence-electron chi connectivity index (χ0n) is 16.7. The molecule has 2 aliphatic rings. The second-order valence-corrected chi connectivity index (χ2v) is 8.01. The molecule has 3 rings (SSSR count). The lowest BCUT2D eigenvalue weighted by molar-refractivity contribution is -0.122. The Hall–Kier alpha value is -2.12. The smallest absolute Gasteiger partial charge is 0.234 e. The van der Waals surface area contributed by atoms with Crippen LogP contribution in [0.2, 0.25) is 0 Å². The number of methoxy groups -OCH3 is 1. The summed E-state index contributed by atoms with van der Waals surface area (Å²) in [6, 6.07) is 7.69. The lowest BCUT2D eigenvalue weighted by Gasteiger charge is -2.35. The monoisotopic (exact) mass is 389 g/mol. The topological polar surface area (TPSA) is 90.9 Å². The third-order valence-electron chi connectivity index (χ3n) is 5.87. The van der Waals surface area contributed by atoms with E-state index in [1.165, 1.54) is 6.92 Å². The predicted octanol–water partition coefficient (Wildman–Crippen LogP) is 0.561. The van der Waals surface area contributed by atoms with Crippen LogP contribution in [0.25, 0.3) is 0 Å². The first kappa shape index (κ1) is 20.6. The Balaban J connectivity index is 1.40. The summed E-state index contributed by atoms with van der Waals surface area (Å²) in [6.45, 7) is 4.15. The summed E-state index contributed by atoms with van der Waals surface area (Å²) >= 11 is 0. The number of hydrogen-bond donors (Lipinski definition) is 3. The van der Waals surface area contributed by atoms with Gasteiger partial charge in [0.25, 0.3) is 0 Å². The lowest BCUT2D eigenvalue weighted by atomic mass is 9.77. The molecule has 1 aromatic carbocycles. The molecule has 28 heavy (non-hydrogen) atoms. The number of fused-ring (bicyclic) bond motifs is 1. The molecular weight excluding hydrogens is 358 g/mol. The Bertz CT molecular complexity index is 679. The maximum atomic E-state index is 12.3. The van der Waals surface area contributed by atoms with Crippen LogP contribution in [-0.4, -0.2) is 67.3 Å². The number of carbonyl (C=O) groups excluding carboxylic acids is 2. The van der Waals surface area contributed by atoms with Crippen molar-refractivity contribution in [1.82, 2.24) is 15.5 Å². The van der Waals surface area contributed by atoms with E-state index in [9.17, 15) is 14.7 Å². The van der Waals surface area contributed by atoms with Gasteiger partial charge in [-0.25, -0.2) is 0 Å². The van der Waals surface area contributed by atoms with Gasteiger partial charge >= 0.3 is 0 Å². The van der Waals surface area contributed by atoms with Crippen molar-refractivity contribution in [2.24, 2.45) is 11.8 Å². The van der Waals surface area contributed by atoms with E-state index in [0.717, 1.165) is 37.2 Å². The van der Waals surface area contributed by atoms with Crippen LogP contribution in [0.5, 0.6) is 5.75 Å². The van der Waals surface area contributed by atoms with Gasteiger partial charge in [0.15, 0.2) is 0 Å². The van der Waals surface area contributed by atoms with Crippen LogP contribution in [0.3, 0.4) is 0 Å². The molecule has 0 unspecified atom stereocenters. The van der Waals surface area contributed by atoms with Crippen LogP contribution in [0.1, 0.15) is 25.3 Å². The van der Waals surface area contributed by atoms with Gasteiger partial charge in [-0.1, -0.05) is 12.1 Å². The predicted molar refractivity (Wildman–Crippen MR) is 106 cm³/mol.